The van der Waals surface area contributed by atoms with Crippen LogP contribution in [-0.2, 0) is 9.53 Å². The number of aromatic nitrogens is 1. The van der Waals surface area contributed by atoms with Crippen LogP contribution in [0.4, 0.5) is 0 Å². The van der Waals surface area contributed by atoms with Crippen molar-refractivity contribution in [2.24, 2.45) is 0 Å². The minimum Gasteiger partial charge on any atom is -0.479 e. The van der Waals surface area contributed by atoms with Crippen LogP contribution in [0.25, 0.3) is 16.8 Å². The largest absolute Gasteiger partial charge is 0.479 e. The molecular formula is C25H27NO4. The second kappa shape index (κ2) is 8.28. The van der Waals surface area contributed by atoms with Gasteiger partial charge in [0, 0.05) is 28.1 Å². The highest BCUT2D eigenvalue weighted by Crippen LogP contribution is 2.36. The molecule has 0 bridgehead atoms. The van der Waals surface area contributed by atoms with Gasteiger partial charge in [-0.25, -0.2) is 4.79 Å². The van der Waals surface area contributed by atoms with Crippen molar-refractivity contribution in [2.45, 2.75) is 46.3 Å². The van der Waals surface area contributed by atoms with Crippen LogP contribution in [0.3, 0.4) is 0 Å². The molecule has 5 heteroatoms. The molecule has 156 valence electrons. The fourth-order valence-corrected chi connectivity index (χ4v) is 3.70. The third-order valence-corrected chi connectivity index (χ3v) is 4.93. The summed E-state index contributed by atoms with van der Waals surface area (Å²) in [7, 11) is 0. The Hall–Kier alpha value is -3.18. The lowest BCUT2D eigenvalue weighted by Gasteiger charge is -2.29. The molecule has 1 unspecified atom stereocenters. The van der Waals surface area contributed by atoms with Gasteiger partial charge in [0.15, 0.2) is 6.10 Å². The molecule has 3 aromatic rings. The van der Waals surface area contributed by atoms with Gasteiger partial charge in [0.2, 0.25) is 0 Å². The molecule has 1 atom stereocenters. The molecule has 0 aliphatic heterocycles. The van der Waals surface area contributed by atoms with Crippen LogP contribution in [0.1, 0.15) is 43.7 Å². The minimum absolute atomic E-state index is 0.253. The second-order valence-electron chi connectivity index (χ2n) is 8.29. The van der Waals surface area contributed by atoms with Gasteiger partial charge in [-0.1, -0.05) is 48.5 Å². The Balaban J connectivity index is 2.43. The fraction of sp³-hybridized carbons (Fsp3) is 0.280. The summed E-state index contributed by atoms with van der Waals surface area (Å²) >= 11 is 0. The predicted octanol–water partition coefficient (Wildman–Crippen LogP) is 5.06. The van der Waals surface area contributed by atoms with Crippen LogP contribution in [0.2, 0.25) is 0 Å². The first-order valence-electron chi connectivity index (χ1n) is 9.89. The summed E-state index contributed by atoms with van der Waals surface area (Å²) in [5, 5.41) is 10.0. The van der Waals surface area contributed by atoms with E-state index in [1.54, 1.807) is 32.3 Å². The van der Waals surface area contributed by atoms with Gasteiger partial charge in [-0.2, -0.15) is 0 Å². The topological polar surface area (TPSA) is 68.5 Å². The first-order valence-corrected chi connectivity index (χ1v) is 9.89. The van der Waals surface area contributed by atoms with Crippen molar-refractivity contribution in [3.8, 4) is 16.8 Å². The van der Waals surface area contributed by atoms with Crippen molar-refractivity contribution < 1.29 is 14.6 Å². The number of aliphatic carboxylic acids is 1. The van der Waals surface area contributed by atoms with E-state index in [-0.39, 0.29) is 5.56 Å². The first kappa shape index (κ1) is 21.5. The van der Waals surface area contributed by atoms with Crippen LogP contribution < -0.4 is 5.56 Å². The number of benzene rings is 2. The molecule has 1 aromatic heterocycles. The molecule has 0 spiro atoms. The lowest BCUT2D eigenvalue weighted by atomic mass is 9.91. The number of ether oxygens (including phenoxy) is 1. The number of carboxylic acids is 1. The molecule has 0 aliphatic carbocycles. The molecule has 5 nitrogen and oxygen atoms in total. The van der Waals surface area contributed by atoms with E-state index in [0.717, 1.165) is 11.3 Å². The number of nitrogens with zero attached hydrogens (tertiary/aromatic N) is 1. The number of pyridine rings is 1. The molecule has 1 N–H and O–H groups in total. The summed E-state index contributed by atoms with van der Waals surface area (Å²) in [4.78, 5) is 25.7. The maximum atomic E-state index is 13.4. The van der Waals surface area contributed by atoms with Gasteiger partial charge in [0.05, 0.1) is 5.60 Å². The number of hydrogen-bond acceptors (Lipinski definition) is 3. The SMILES string of the molecule is Cc1c(C(OC(C)(C)C)C(=O)O)c(-c2ccccc2)c(C)n(-c2ccccc2)c1=O. The highest BCUT2D eigenvalue weighted by molar-refractivity contribution is 5.82. The smallest absolute Gasteiger partial charge is 0.337 e. The van der Waals surface area contributed by atoms with E-state index < -0.39 is 17.7 Å². The number of para-hydroxylation sites is 1. The molecule has 1 heterocycles. The molecule has 0 radical (unpaired) electrons. The van der Waals surface area contributed by atoms with E-state index in [4.69, 9.17) is 4.74 Å². The third kappa shape index (κ3) is 4.21. The molecule has 0 fully saturated rings. The maximum Gasteiger partial charge on any atom is 0.337 e. The zero-order valence-corrected chi connectivity index (χ0v) is 18.0. The maximum absolute atomic E-state index is 13.4. The molecule has 30 heavy (non-hydrogen) atoms. The predicted molar refractivity (Wildman–Crippen MR) is 118 cm³/mol. The van der Waals surface area contributed by atoms with Crippen molar-refractivity contribution in [1.82, 2.24) is 4.57 Å². The van der Waals surface area contributed by atoms with E-state index in [0.29, 0.717) is 22.4 Å². The molecule has 2 aromatic carbocycles. The molecular weight excluding hydrogens is 378 g/mol. The number of hydrogen-bond donors (Lipinski definition) is 1. The Kier molecular flexibility index (Phi) is 5.94. The number of rotatable bonds is 5. The van der Waals surface area contributed by atoms with E-state index in [1.165, 1.54) is 0 Å². The van der Waals surface area contributed by atoms with Crippen LogP contribution >= 0.6 is 0 Å². The summed E-state index contributed by atoms with van der Waals surface area (Å²) in [6, 6.07) is 18.9. The van der Waals surface area contributed by atoms with E-state index in [9.17, 15) is 14.7 Å². The summed E-state index contributed by atoms with van der Waals surface area (Å²) in [5.41, 5.74) is 2.74. The van der Waals surface area contributed by atoms with Crippen LogP contribution in [0, 0.1) is 13.8 Å². The zero-order valence-electron chi connectivity index (χ0n) is 18.0. The Morgan fingerprint density at radius 2 is 1.50 bits per heavy atom. The van der Waals surface area contributed by atoms with Crippen LogP contribution in [0.15, 0.2) is 65.5 Å². The molecule has 0 amide bonds. The number of carbonyl (C=O) groups is 1. The van der Waals surface area contributed by atoms with E-state index in [1.807, 2.05) is 67.6 Å². The molecule has 0 saturated heterocycles. The minimum atomic E-state index is -1.27. The Morgan fingerprint density at radius 3 is 2.00 bits per heavy atom. The summed E-state index contributed by atoms with van der Waals surface area (Å²) in [6.07, 6.45) is -1.27. The normalized spacial score (nSPS) is 12.6. The zero-order chi connectivity index (χ0) is 22.1. The lowest BCUT2D eigenvalue weighted by molar-refractivity contribution is -0.160. The van der Waals surface area contributed by atoms with Gasteiger partial charge in [0.25, 0.3) is 5.56 Å². The van der Waals surface area contributed by atoms with E-state index >= 15 is 0 Å². The fourth-order valence-electron chi connectivity index (χ4n) is 3.70. The first-order chi connectivity index (χ1) is 14.1. The van der Waals surface area contributed by atoms with Crippen molar-refractivity contribution >= 4 is 5.97 Å². The summed E-state index contributed by atoms with van der Waals surface area (Å²) in [5.74, 6) is -1.12. The average Bonchev–Trinajstić information content (AvgIpc) is 2.70. The summed E-state index contributed by atoms with van der Waals surface area (Å²) < 4.78 is 7.57. The quantitative estimate of drug-likeness (QED) is 0.644. The highest BCUT2D eigenvalue weighted by Gasteiger charge is 2.33. The van der Waals surface area contributed by atoms with Crippen molar-refractivity contribution in [2.75, 3.05) is 0 Å². The van der Waals surface area contributed by atoms with Gasteiger partial charge in [-0.3, -0.25) is 9.36 Å². The van der Waals surface area contributed by atoms with Gasteiger partial charge in [0.1, 0.15) is 0 Å². The van der Waals surface area contributed by atoms with Gasteiger partial charge in [-0.15, -0.1) is 0 Å². The molecule has 3 rings (SSSR count). The molecule has 0 saturated carbocycles. The second-order valence-corrected chi connectivity index (χ2v) is 8.29. The average molecular weight is 405 g/mol. The standard InChI is InChI=1S/C25H27NO4/c1-16-20(22(24(28)29)30-25(3,4)5)21(18-12-8-6-9-13-18)17(2)26(23(16)27)19-14-10-7-11-15-19/h6-15,22H,1-5H3,(H,28,29). The van der Waals surface area contributed by atoms with Gasteiger partial charge in [-0.05, 0) is 52.3 Å². The van der Waals surface area contributed by atoms with Crippen molar-refractivity contribution in [1.29, 1.82) is 0 Å². The van der Waals surface area contributed by atoms with Crippen LogP contribution in [-0.4, -0.2) is 21.2 Å². The Morgan fingerprint density at radius 1 is 0.967 bits per heavy atom. The Bertz CT molecular complexity index is 1110. The third-order valence-electron chi connectivity index (χ3n) is 4.93. The summed E-state index contributed by atoms with van der Waals surface area (Å²) in [6.45, 7) is 8.93. The molecule has 0 aliphatic rings. The van der Waals surface area contributed by atoms with Crippen LogP contribution in [0.5, 0.6) is 0 Å². The van der Waals surface area contributed by atoms with Gasteiger partial charge >= 0.3 is 5.97 Å². The highest BCUT2D eigenvalue weighted by atomic mass is 16.5. The monoisotopic (exact) mass is 405 g/mol. The van der Waals surface area contributed by atoms with Gasteiger partial charge < -0.3 is 9.84 Å². The number of carboxylic acid groups (broad SMARTS) is 1. The van der Waals surface area contributed by atoms with Crippen molar-refractivity contribution in [3.63, 3.8) is 0 Å². The van der Waals surface area contributed by atoms with E-state index in [2.05, 4.69) is 0 Å². The van der Waals surface area contributed by atoms with Crippen molar-refractivity contribution in [3.05, 3.63) is 87.8 Å². The lowest BCUT2D eigenvalue weighted by Crippen LogP contribution is -2.32. The Labute approximate surface area is 176 Å².